The molecule has 1 atom stereocenters. The minimum atomic E-state index is 0.179. The van der Waals surface area contributed by atoms with Gasteiger partial charge in [0.1, 0.15) is 0 Å². The molecule has 3 fully saturated rings. The van der Waals surface area contributed by atoms with Crippen molar-refractivity contribution in [2.45, 2.75) is 36.7 Å². The second-order valence-corrected chi connectivity index (χ2v) is 8.52. The summed E-state index contributed by atoms with van der Waals surface area (Å²) < 4.78 is 11.6. The van der Waals surface area contributed by atoms with Crippen LogP contribution in [0.25, 0.3) is 0 Å². The van der Waals surface area contributed by atoms with Gasteiger partial charge in [-0.1, -0.05) is 6.07 Å². The molecule has 3 saturated heterocycles. The van der Waals surface area contributed by atoms with Crippen LogP contribution in [-0.4, -0.2) is 58.7 Å². The molecule has 0 unspecified atom stereocenters. The number of pyridine rings is 1. The van der Waals surface area contributed by atoms with Crippen molar-refractivity contribution in [1.29, 1.82) is 0 Å². The Morgan fingerprint density at radius 3 is 2.96 bits per heavy atom. The van der Waals surface area contributed by atoms with Crippen LogP contribution >= 0.6 is 11.8 Å². The Morgan fingerprint density at radius 1 is 1.38 bits per heavy atom. The van der Waals surface area contributed by atoms with Crippen LogP contribution in [0.3, 0.4) is 0 Å². The summed E-state index contributed by atoms with van der Waals surface area (Å²) >= 11 is 1.98. The van der Waals surface area contributed by atoms with E-state index in [1.807, 2.05) is 34.9 Å². The number of hydrogen-bond donors (Lipinski definition) is 0. The molecule has 3 aliphatic rings. The normalized spacial score (nSPS) is 26.5. The molecule has 0 bridgehead atoms. The summed E-state index contributed by atoms with van der Waals surface area (Å²) in [5, 5.41) is 0. The Hall–Kier alpha value is -1.11. The number of rotatable bonds is 4. The second kappa shape index (κ2) is 7.02. The fourth-order valence-corrected chi connectivity index (χ4v) is 5.38. The van der Waals surface area contributed by atoms with Crippen molar-refractivity contribution >= 4 is 17.7 Å². The van der Waals surface area contributed by atoms with Gasteiger partial charge in [0.25, 0.3) is 0 Å². The van der Waals surface area contributed by atoms with Gasteiger partial charge in [-0.15, -0.1) is 11.8 Å². The summed E-state index contributed by atoms with van der Waals surface area (Å²) in [4.78, 5) is 18.9. The molecule has 0 saturated carbocycles. The van der Waals surface area contributed by atoms with E-state index in [1.165, 1.54) is 0 Å². The van der Waals surface area contributed by atoms with Gasteiger partial charge in [-0.2, -0.15) is 0 Å². The third-order valence-corrected chi connectivity index (χ3v) is 6.78. The Balaban J connectivity index is 1.23. The van der Waals surface area contributed by atoms with Crippen molar-refractivity contribution < 1.29 is 14.3 Å². The van der Waals surface area contributed by atoms with Crippen LogP contribution in [0.5, 0.6) is 0 Å². The van der Waals surface area contributed by atoms with Gasteiger partial charge in [0.05, 0.1) is 23.2 Å². The molecule has 130 valence electrons. The summed E-state index contributed by atoms with van der Waals surface area (Å²) in [5.74, 6) is 1.53. The minimum Gasteiger partial charge on any atom is -0.381 e. The highest BCUT2D eigenvalue weighted by Gasteiger charge is 2.51. The monoisotopic (exact) mass is 348 g/mol. The van der Waals surface area contributed by atoms with Gasteiger partial charge in [0, 0.05) is 44.2 Å². The minimum absolute atomic E-state index is 0.179. The van der Waals surface area contributed by atoms with Crippen molar-refractivity contribution in [3.05, 3.63) is 30.1 Å². The Morgan fingerprint density at radius 2 is 2.21 bits per heavy atom. The molecule has 1 aromatic rings. The maximum Gasteiger partial charge on any atom is 0.225 e. The van der Waals surface area contributed by atoms with Crippen molar-refractivity contribution in [2.75, 3.05) is 32.1 Å². The van der Waals surface area contributed by atoms with Crippen LogP contribution in [-0.2, 0) is 20.9 Å². The van der Waals surface area contributed by atoms with Gasteiger partial charge in [0.15, 0.2) is 0 Å². The summed E-state index contributed by atoms with van der Waals surface area (Å²) in [7, 11) is 0. The van der Waals surface area contributed by atoms with Crippen LogP contribution in [0.1, 0.15) is 25.0 Å². The second-order valence-electron chi connectivity index (χ2n) is 7.03. The SMILES string of the molecule is O=C(C1CCOCC1)N1CC2(C[C@H](OCc3ccccn3)CS2)C1. The number of carbonyl (C=O) groups is 1. The molecule has 1 aromatic heterocycles. The van der Waals surface area contributed by atoms with Crippen molar-refractivity contribution in [3.8, 4) is 0 Å². The van der Waals surface area contributed by atoms with Crippen LogP contribution in [0.4, 0.5) is 0 Å². The Bertz CT molecular complexity index is 571. The number of amides is 1. The van der Waals surface area contributed by atoms with E-state index in [-0.39, 0.29) is 16.8 Å². The molecular weight excluding hydrogens is 324 g/mol. The molecular formula is C18H24N2O3S. The van der Waals surface area contributed by atoms with Gasteiger partial charge in [-0.05, 0) is 31.4 Å². The number of hydrogen-bond acceptors (Lipinski definition) is 5. The zero-order valence-corrected chi connectivity index (χ0v) is 14.7. The maximum atomic E-state index is 12.5. The van der Waals surface area contributed by atoms with Crippen molar-refractivity contribution in [3.63, 3.8) is 0 Å². The first-order valence-electron chi connectivity index (χ1n) is 8.76. The van der Waals surface area contributed by atoms with Crippen LogP contribution in [0.15, 0.2) is 24.4 Å². The molecule has 0 aromatic carbocycles. The van der Waals surface area contributed by atoms with Gasteiger partial charge in [-0.25, -0.2) is 0 Å². The van der Waals surface area contributed by atoms with E-state index in [0.717, 1.165) is 57.0 Å². The van der Waals surface area contributed by atoms with E-state index in [0.29, 0.717) is 12.5 Å². The molecule has 4 rings (SSSR count). The topological polar surface area (TPSA) is 51.7 Å². The van der Waals surface area contributed by atoms with Gasteiger partial charge in [-0.3, -0.25) is 9.78 Å². The number of likely N-dealkylation sites (tertiary alicyclic amines) is 1. The first kappa shape index (κ1) is 16.4. The average molecular weight is 348 g/mol. The third-order valence-electron chi connectivity index (χ3n) is 5.21. The molecule has 0 N–H and O–H groups in total. The summed E-state index contributed by atoms with van der Waals surface area (Å²) in [6, 6.07) is 5.90. The number of aromatic nitrogens is 1. The van der Waals surface area contributed by atoms with Crippen LogP contribution < -0.4 is 0 Å². The fraction of sp³-hybridized carbons (Fsp3) is 0.667. The fourth-order valence-electron chi connectivity index (χ4n) is 3.82. The number of nitrogens with zero attached hydrogens (tertiary/aromatic N) is 2. The maximum absolute atomic E-state index is 12.5. The zero-order valence-electron chi connectivity index (χ0n) is 13.9. The van der Waals surface area contributed by atoms with E-state index < -0.39 is 0 Å². The summed E-state index contributed by atoms with van der Waals surface area (Å²) in [6.45, 7) is 3.81. The first-order valence-corrected chi connectivity index (χ1v) is 9.75. The lowest BCUT2D eigenvalue weighted by Crippen LogP contribution is -2.62. The third kappa shape index (κ3) is 3.46. The summed E-state index contributed by atoms with van der Waals surface area (Å²) in [5.41, 5.74) is 0.980. The molecule has 0 aliphatic carbocycles. The Labute approximate surface area is 147 Å². The van der Waals surface area contributed by atoms with Crippen molar-refractivity contribution in [1.82, 2.24) is 9.88 Å². The molecule has 3 aliphatic heterocycles. The van der Waals surface area contributed by atoms with Gasteiger partial charge in [0.2, 0.25) is 5.91 Å². The highest BCUT2D eigenvalue weighted by atomic mass is 32.2. The van der Waals surface area contributed by atoms with E-state index in [4.69, 9.17) is 9.47 Å². The zero-order chi connectivity index (χ0) is 16.4. The van der Waals surface area contributed by atoms with Crippen LogP contribution in [0.2, 0.25) is 0 Å². The van der Waals surface area contributed by atoms with Crippen LogP contribution in [0, 0.1) is 5.92 Å². The quantitative estimate of drug-likeness (QED) is 0.834. The average Bonchev–Trinajstić information content (AvgIpc) is 3.04. The highest BCUT2D eigenvalue weighted by molar-refractivity contribution is 8.01. The highest BCUT2D eigenvalue weighted by Crippen LogP contribution is 2.46. The standard InChI is InChI=1S/C18H24N2O3S/c21-17(14-4-7-22-8-5-14)20-12-18(13-20)9-16(11-24-18)23-10-15-3-1-2-6-19-15/h1-3,6,14,16H,4-5,7-13H2/t16-/m0/s1. The molecule has 6 heteroatoms. The summed E-state index contributed by atoms with van der Waals surface area (Å²) in [6.07, 6.45) is 4.88. The predicted molar refractivity (Wildman–Crippen MR) is 92.7 cm³/mol. The molecule has 0 radical (unpaired) electrons. The van der Waals surface area contributed by atoms with Gasteiger partial charge >= 0.3 is 0 Å². The van der Waals surface area contributed by atoms with E-state index >= 15 is 0 Å². The van der Waals surface area contributed by atoms with Gasteiger partial charge < -0.3 is 14.4 Å². The largest absolute Gasteiger partial charge is 0.381 e. The predicted octanol–water partition coefficient (Wildman–Crippen LogP) is 2.11. The molecule has 1 amide bonds. The van der Waals surface area contributed by atoms with E-state index in [9.17, 15) is 4.79 Å². The van der Waals surface area contributed by atoms with E-state index in [2.05, 4.69) is 4.98 Å². The number of carbonyl (C=O) groups excluding carboxylic acids is 1. The molecule has 5 nitrogen and oxygen atoms in total. The molecule has 24 heavy (non-hydrogen) atoms. The lowest BCUT2D eigenvalue weighted by Gasteiger charge is -2.48. The Kier molecular flexibility index (Phi) is 4.79. The number of thioether (sulfide) groups is 1. The van der Waals surface area contributed by atoms with E-state index in [1.54, 1.807) is 6.20 Å². The van der Waals surface area contributed by atoms with Crippen molar-refractivity contribution in [2.24, 2.45) is 5.92 Å². The lowest BCUT2D eigenvalue weighted by molar-refractivity contribution is -0.144. The lowest BCUT2D eigenvalue weighted by atomic mass is 9.89. The molecule has 1 spiro atoms. The number of ether oxygens (including phenoxy) is 2. The molecule has 4 heterocycles. The smallest absolute Gasteiger partial charge is 0.225 e. The first-order chi connectivity index (χ1) is 11.7.